The van der Waals surface area contributed by atoms with Crippen LogP contribution >= 0.6 is 69.6 Å². The zero-order valence-electron chi connectivity index (χ0n) is 36.7. The van der Waals surface area contributed by atoms with Crippen LogP contribution in [0.3, 0.4) is 0 Å². The summed E-state index contributed by atoms with van der Waals surface area (Å²) in [5.74, 6) is 2.05. The van der Waals surface area contributed by atoms with Gasteiger partial charge in [-0.05, 0) is 104 Å². The molecule has 344 valence electrons. The number of imide groups is 1. The molecule has 13 nitrogen and oxygen atoms in total. The summed E-state index contributed by atoms with van der Waals surface area (Å²) in [5, 5.41) is 10.9. The van der Waals surface area contributed by atoms with E-state index in [9.17, 15) is 24.0 Å². The van der Waals surface area contributed by atoms with E-state index in [0.29, 0.717) is 47.7 Å². The van der Waals surface area contributed by atoms with E-state index in [1.807, 2.05) is 0 Å². The Hall–Kier alpha value is -5.85. The normalized spacial score (nSPS) is 10.2. The van der Waals surface area contributed by atoms with Gasteiger partial charge in [-0.15, -0.1) is 6.42 Å². The van der Waals surface area contributed by atoms with E-state index in [1.54, 1.807) is 165 Å². The summed E-state index contributed by atoms with van der Waals surface area (Å²) in [6, 6.07) is 30.7. The van der Waals surface area contributed by atoms with E-state index in [-0.39, 0.29) is 29.2 Å². The Bertz CT molecular complexity index is 2420. The topological polar surface area (TPSA) is 138 Å². The van der Waals surface area contributed by atoms with Crippen LogP contribution in [0.15, 0.2) is 115 Å². The molecular formula is C46H48Cl6N8O5. The average Bonchev–Trinajstić information content (AvgIpc) is 3.28. The fourth-order valence-electron chi connectivity index (χ4n) is 4.46. The molecule has 0 saturated carbocycles. The van der Waals surface area contributed by atoms with Crippen LogP contribution in [0.4, 0.5) is 41.9 Å². The Morgan fingerprint density at radius 1 is 0.508 bits per heavy atom. The van der Waals surface area contributed by atoms with Crippen LogP contribution in [-0.2, 0) is 0 Å². The predicted molar refractivity (Wildman–Crippen MR) is 269 cm³/mol. The molecule has 0 heterocycles. The highest BCUT2D eigenvalue weighted by Gasteiger charge is 2.26. The van der Waals surface area contributed by atoms with Gasteiger partial charge in [0.25, 0.3) is 5.91 Å². The average molecular weight is 1010 g/mol. The molecule has 0 spiro atoms. The van der Waals surface area contributed by atoms with E-state index in [1.165, 1.54) is 25.7 Å². The minimum absolute atomic E-state index is 0.151. The van der Waals surface area contributed by atoms with Crippen molar-refractivity contribution in [3.8, 4) is 12.3 Å². The zero-order chi connectivity index (χ0) is 49.0. The molecule has 0 aliphatic heterocycles. The van der Waals surface area contributed by atoms with Crippen molar-refractivity contribution in [1.29, 1.82) is 0 Å². The highest BCUT2D eigenvalue weighted by molar-refractivity contribution is 6.43. The Morgan fingerprint density at radius 3 is 1.34 bits per heavy atom. The van der Waals surface area contributed by atoms with Gasteiger partial charge in [0.05, 0.1) is 31.8 Å². The molecule has 0 bridgehead atoms. The number of amides is 9. The Morgan fingerprint density at radius 2 is 0.923 bits per heavy atom. The van der Waals surface area contributed by atoms with Gasteiger partial charge in [0.2, 0.25) is 0 Å². The van der Waals surface area contributed by atoms with Crippen molar-refractivity contribution < 1.29 is 24.0 Å². The largest absolute Gasteiger partial charge is 0.331 e. The van der Waals surface area contributed by atoms with Crippen LogP contribution in [0.25, 0.3) is 0 Å². The lowest BCUT2D eigenvalue weighted by atomic mass is 10.2. The fraction of sp³-hybridized carbons (Fsp3) is 0.196. The van der Waals surface area contributed by atoms with Crippen molar-refractivity contribution >= 4 is 122 Å². The highest BCUT2D eigenvalue weighted by Crippen LogP contribution is 2.29. The Balaban J connectivity index is 0.000000305. The Kier molecular flexibility index (Phi) is 23.4. The third-order valence-electron chi connectivity index (χ3n) is 8.28. The summed E-state index contributed by atoms with van der Waals surface area (Å²) in [7, 11) is 11.5. The molecular weight excluding hydrogens is 957 g/mol. The second-order valence-corrected chi connectivity index (χ2v) is 16.5. The van der Waals surface area contributed by atoms with Crippen molar-refractivity contribution in [1.82, 2.24) is 19.6 Å². The third-order valence-corrected chi connectivity index (χ3v) is 10.3. The van der Waals surface area contributed by atoms with Gasteiger partial charge < -0.3 is 35.6 Å². The van der Waals surface area contributed by atoms with Gasteiger partial charge in [0.1, 0.15) is 0 Å². The van der Waals surface area contributed by atoms with Crippen molar-refractivity contribution in [2.24, 2.45) is 0 Å². The molecule has 0 fully saturated rings. The SMILES string of the molecule is C#CC(C)N(C)C(=O)Nc1ccc(Cl)cc1.CN(C)C(=O)N(C(=O)c1ccccc1)c1ccc(Cl)c(Cl)c1.CN(C)C(=O)Nc1ccc(Cl)c(Cl)c1.CN(C)C(=O)Nc1ccc(Cl)cc1. The van der Waals surface area contributed by atoms with Crippen molar-refractivity contribution in [3.05, 3.63) is 151 Å². The van der Waals surface area contributed by atoms with E-state index in [0.717, 1.165) is 10.6 Å². The molecule has 0 saturated heterocycles. The van der Waals surface area contributed by atoms with Gasteiger partial charge in [0, 0.05) is 82.0 Å². The number of urea groups is 4. The van der Waals surface area contributed by atoms with Gasteiger partial charge in [-0.1, -0.05) is 93.7 Å². The summed E-state index contributed by atoms with van der Waals surface area (Å²) < 4.78 is 0. The van der Waals surface area contributed by atoms with Crippen molar-refractivity contribution in [2.45, 2.75) is 13.0 Å². The summed E-state index contributed by atoms with van der Waals surface area (Å²) in [4.78, 5) is 66.0. The summed E-state index contributed by atoms with van der Waals surface area (Å²) in [5.41, 5.74) is 2.82. The standard InChI is InChI=1S/C16H14Cl2N2O2.C12H13ClN2O.C9H10Cl2N2O.C9H11ClN2O/c1-19(2)16(22)20(12-8-9-13(17)14(18)10-12)15(21)11-6-4-3-5-7-11;1-4-9(2)15(3)12(16)14-11-7-5-10(13)6-8-11;1-13(2)9(14)12-6-3-4-7(10)8(11)5-6;1-12(2)9(13)11-8-5-3-7(10)4-6-8/h3-10H,1-2H3;1,5-9H,2-3H3,(H,14,16);3-5H,1-2H3,(H,12,14);3-6H,1-2H3,(H,11,13). The quantitative estimate of drug-likeness (QED) is 0.145. The monoisotopic (exact) mass is 1000 g/mol. The number of anilines is 4. The van der Waals surface area contributed by atoms with Crippen LogP contribution in [0, 0.1) is 12.3 Å². The zero-order valence-corrected chi connectivity index (χ0v) is 41.2. The van der Waals surface area contributed by atoms with Gasteiger partial charge >= 0.3 is 24.1 Å². The van der Waals surface area contributed by atoms with Crippen LogP contribution in [0.5, 0.6) is 0 Å². The number of rotatable bonds is 6. The van der Waals surface area contributed by atoms with Gasteiger partial charge in [0.15, 0.2) is 0 Å². The first-order valence-electron chi connectivity index (χ1n) is 19.0. The van der Waals surface area contributed by atoms with Crippen LogP contribution in [0.1, 0.15) is 17.3 Å². The lowest BCUT2D eigenvalue weighted by Gasteiger charge is -2.24. The van der Waals surface area contributed by atoms with E-state index in [4.69, 9.17) is 76.0 Å². The van der Waals surface area contributed by atoms with E-state index in [2.05, 4.69) is 21.9 Å². The first-order chi connectivity index (χ1) is 30.5. The van der Waals surface area contributed by atoms with Crippen LogP contribution in [-0.4, -0.2) is 105 Å². The molecule has 5 aromatic rings. The molecule has 5 aromatic carbocycles. The predicted octanol–water partition coefficient (Wildman–Crippen LogP) is 12.7. The van der Waals surface area contributed by atoms with E-state index < -0.39 is 11.9 Å². The number of terminal acetylenes is 1. The van der Waals surface area contributed by atoms with E-state index >= 15 is 0 Å². The maximum Gasteiger partial charge on any atom is 0.331 e. The summed E-state index contributed by atoms with van der Waals surface area (Å²) in [6.45, 7) is 1.78. The Labute approximate surface area is 410 Å². The number of carbonyl (C=O) groups is 5. The van der Waals surface area contributed by atoms with Gasteiger partial charge in [-0.2, -0.15) is 0 Å². The number of nitrogens with zero attached hydrogens (tertiary/aromatic N) is 5. The van der Waals surface area contributed by atoms with Crippen molar-refractivity contribution in [3.63, 3.8) is 0 Å². The molecule has 9 amide bonds. The molecule has 5 rings (SSSR count). The summed E-state index contributed by atoms with van der Waals surface area (Å²) in [6.07, 6.45) is 5.23. The van der Waals surface area contributed by atoms with Crippen LogP contribution < -0.4 is 20.9 Å². The third kappa shape index (κ3) is 19.0. The second-order valence-electron chi connectivity index (χ2n) is 14.0. The maximum atomic E-state index is 12.7. The molecule has 1 atom stereocenters. The minimum Gasteiger partial charge on any atom is -0.331 e. The highest BCUT2D eigenvalue weighted by atomic mass is 35.5. The molecule has 3 N–H and O–H groups in total. The number of hydrogen-bond donors (Lipinski definition) is 3. The lowest BCUT2D eigenvalue weighted by molar-refractivity contribution is 0.0988. The molecule has 0 radical (unpaired) electrons. The molecule has 1 unspecified atom stereocenters. The molecule has 0 aliphatic rings. The maximum absolute atomic E-state index is 12.7. The number of nitrogens with one attached hydrogen (secondary N) is 3. The number of benzene rings is 5. The number of halogens is 6. The van der Waals surface area contributed by atoms with Gasteiger partial charge in [-0.3, -0.25) is 4.79 Å². The molecule has 0 aliphatic carbocycles. The fourth-order valence-corrected chi connectivity index (χ4v) is 5.30. The van der Waals surface area contributed by atoms with Gasteiger partial charge in [-0.25, -0.2) is 24.1 Å². The first-order valence-corrected chi connectivity index (χ1v) is 21.3. The molecule has 0 aromatic heterocycles. The minimum atomic E-state index is -0.466. The molecule has 19 heteroatoms. The first kappa shape index (κ1) is 55.3. The van der Waals surface area contributed by atoms with Crippen molar-refractivity contribution in [2.75, 3.05) is 70.2 Å². The smallest absolute Gasteiger partial charge is 0.331 e. The number of carbonyl (C=O) groups excluding carboxylic acids is 5. The molecule has 65 heavy (non-hydrogen) atoms. The van der Waals surface area contributed by atoms with Crippen LogP contribution in [0.2, 0.25) is 30.1 Å². The lowest BCUT2D eigenvalue weighted by Crippen LogP contribution is -2.43. The summed E-state index contributed by atoms with van der Waals surface area (Å²) >= 11 is 34.8. The second kappa shape index (κ2) is 27.5. The number of hydrogen-bond acceptors (Lipinski definition) is 5.